The molecule has 5 nitrogen and oxygen atoms in total. The van der Waals surface area contributed by atoms with Crippen LogP contribution in [0.3, 0.4) is 0 Å². The molecule has 1 heterocycles. The Morgan fingerprint density at radius 1 is 1.12 bits per heavy atom. The van der Waals surface area contributed by atoms with Crippen LogP contribution in [0.1, 0.15) is 5.69 Å². The molecule has 0 spiro atoms. The van der Waals surface area contributed by atoms with E-state index >= 15 is 0 Å². The maximum absolute atomic E-state index is 5.76. The van der Waals surface area contributed by atoms with E-state index in [1.807, 2.05) is 12.1 Å². The van der Waals surface area contributed by atoms with Crippen LogP contribution in [0.25, 0.3) is 0 Å². The minimum atomic E-state index is 0.228. The van der Waals surface area contributed by atoms with Crippen molar-refractivity contribution in [1.29, 1.82) is 0 Å². The molecule has 2 rings (SSSR count). The summed E-state index contributed by atoms with van der Waals surface area (Å²) in [5.41, 5.74) is 12.5. The molecule has 0 saturated carbocycles. The Kier molecular flexibility index (Phi) is 2.59. The van der Waals surface area contributed by atoms with Gasteiger partial charge in [0.25, 0.3) is 0 Å². The fourth-order valence-corrected chi connectivity index (χ4v) is 1.27. The monoisotopic (exact) mass is 216 g/mol. The summed E-state index contributed by atoms with van der Waals surface area (Å²) in [6, 6.07) is 7.24. The largest absolute Gasteiger partial charge is 0.452 e. The van der Waals surface area contributed by atoms with Gasteiger partial charge in [0, 0.05) is 0 Å². The van der Waals surface area contributed by atoms with Crippen molar-refractivity contribution in [3.63, 3.8) is 0 Å². The predicted octanol–water partition coefficient (Wildman–Crippen LogP) is 1.74. The predicted molar refractivity (Wildman–Crippen MR) is 62.1 cm³/mol. The number of hydrogen-bond donors (Lipinski definition) is 2. The van der Waals surface area contributed by atoms with Gasteiger partial charge in [0.15, 0.2) is 5.75 Å². The first-order valence-corrected chi connectivity index (χ1v) is 4.78. The van der Waals surface area contributed by atoms with Crippen molar-refractivity contribution in [1.82, 2.24) is 9.97 Å². The molecule has 4 N–H and O–H groups in total. The lowest BCUT2D eigenvalue weighted by molar-refractivity contribution is 0.475. The molecule has 0 fully saturated rings. The lowest BCUT2D eigenvalue weighted by Gasteiger charge is -2.09. The van der Waals surface area contributed by atoms with Crippen LogP contribution in [-0.2, 0) is 0 Å². The number of benzene rings is 1. The van der Waals surface area contributed by atoms with Crippen molar-refractivity contribution in [3.05, 3.63) is 36.2 Å². The summed E-state index contributed by atoms with van der Waals surface area (Å²) in [5.74, 6) is 1.36. The average Bonchev–Trinajstić information content (AvgIpc) is 2.25. The third-order valence-electron chi connectivity index (χ3n) is 2.09. The molecule has 0 aliphatic carbocycles. The van der Waals surface area contributed by atoms with Gasteiger partial charge in [0.2, 0.25) is 5.95 Å². The highest BCUT2D eigenvalue weighted by Gasteiger charge is 2.05. The van der Waals surface area contributed by atoms with E-state index in [0.717, 1.165) is 0 Å². The number of aryl methyl sites for hydroxylation is 1. The van der Waals surface area contributed by atoms with Crippen molar-refractivity contribution in [2.45, 2.75) is 6.92 Å². The zero-order valence-corrected chi connectivity index (χ0v) is 8.84. The number of ether oxygens (including phenoxy) is 1. The van der Waals surface area contributed by atoms with Crippen LogP contribution in [0.5, 0.6) is 11.5 Å². The Labute approximate surface area is 93.1 Å². The van der Waals surface area contributed by atoms with Gasteiger partial charge < -0.3 is 16.2 Å². The number of para-hydroxylation sites is 2. The summed E-state index contributed by atoms with van der Waals surface area (Å²) in [6.45, 7) is 1.80. The lowest BCUT2D eigenvalue weighted by atomic mass is 10.3. The maximum Gasteiger partial charge on any atom is 0.220 e. The second kappa shape index (κ2) is 4.06. The van der Waals surface area contributed by atoms with E-state index in [1.165, 1.54) is 6.20 Å². The summed E-state index contributed by atoms with van der Waals surface area (Å²) >= 11 is 0. The number of rotatable bonds is 2. The third kappa shape index (κ3) is 2.03. The van der Waals surface area contributed by atoms with Crippen LogP contribution in [0, 0.1) is 6.92 Å². The quantitative estimate of drug-likeness (QED) is 0.746. The molecule has 2 aromatic rings. The summed E-state index contributed by atoms with van der Waals surface area (Å²) < 4.78 is 5.59. The maximum atomic E-state index is 5.76. The number of nitrogens with two attached hydrogens (primary N) is 2. The molecule has 82 valence electrons. The van der Waals surface area contributed by atoms with Gasteiger partial charge in [-0.2, -0.15) is 0 Å². The van der Waals surface area contributed by atoms with Crippen LogP contribution < -0.4 is 16.2 Å². The molecule has 1 aromatic carbocycles. The Morgan fingerprint density at radius 3 is 2.56 bits per heavy atom. The fourth-order valence-electron chi connectivity index (χ4n) is 1.27. The van der Waals surface area contributed by atoms with Crippen molar-refractivity contribution >= 4 is 11.6 Å². The van der Waals surface area contributed by atoms with E-state index in [4.69, 9.17) is 16.2 Å². The van der Waals surface area contributed by atoms with E-state index in [1.54, 1.807) is 19.1 Å². The molecule has 5 heteroatoms. The first kappa shape index (κ1) is 10.2. The number of nitrogen functional groups attached to an aromatic ring is 2. The summed E-state index contributed by atoms with van der Waals surface area (Å²) in [7, 11) is 0. The highest BCUT2D eigenvalue weighted by molar-refractivity contribution is 5.53. The molecule has 0 saturated heterocycles. The van der Waals surface area contributed by atoms with Gasteiger partial charge in [0.05, 0.1) is 17.6 Å². The molecule has 0 amide bonds. The van der Waals surface area contributed by atoms with E-state index in [9.17, 15) is 0 Å². The Morgan fingerprint density at radius 2 is 1.88 bits per heavy atom. The van der Waals surface area contributed by atoms with Crippen LogP contribution in [0.15, 0.2) is 30.5 Å². The smallest absolute Gasteiger partial charge is 0.220 e. The van der Waals surface area contributed by atoms with Crippen molar-refractivity contribution in [3.8, 4) is 11.5 Å². The number of nitrogens with zero attached hydrogens (tertiary/aromatic N) is 2. The van der Waals surface area contributed by atoms with Gasteiger partial charge in [-0.1, -0.05) is 12.1 Å². The van der Waals surface area contributed by atoms with Crippen LogP contribution in [0.4, 0.5) is 11.6 Å². The average molecular weight is 216 g/mol. The van der Waals surface area contributed by atoms with E-state index in [0.29, 0.717) is 22.9 Å². The number of hydrogen-bond acceptors (Lipinski definition) is 5. The Bertz CT molecular complexity index is 513. The van der Waals surface area contributed by atoms with Gasteiger partial charge >= 0.3 is 0 Å². The van der Waals surface area contributed by atoms with Gasteiger partial charge in [-0.15, -0.1) is 0 Å². The first-order chi connectivity index (χ1) is 7.66. The minimum absolute atomic E-state index is 0.228. The van der Waals surface area contributed by atoms with Crippen LogP contribution in [-0.4, -0.2) is 9.97 Å². The topological polar surface area (TPSA) is 87.0 Å². The van der Waals surface area contributed by atoms with Crippen molar-refractivity contribution in [2.24, 2.45) is 0 Å². The highest BCUT2D eigenvalue weighted by atomic mass is 16.5. The molecule has 1 aromatic heterocycles. The molecule has 0 atom stereocenters. The van der Waals surface area contributed by atoms with E-state index < -0.39 is 0 Å². The summed E-state index contributed by atoms with van der Waals surface area (Å²) in [6.07, 6.45) is 1.53. The molecule has 0 unspecified atom stereocenters. The molecule has 0 aliphatic rings. The van der Waals surface area contributed by atoms with Crippen LogP contribution >= 0.6 is 0 Å². The molecular formula is C11H12N4O. The number of anilines is 2. The SMILES string of the molecule is Cc1nc(N)ncc1Oc1ccccc1N. The van der Waals surface area contributed by atoms with Crippen LogP contribution in [0.2, 0.25) is 0 Å². The Balaban J connectivity index is 2.31. The first-order valence-electron chi connectivity index (χ1n) is 4.78. The standard InChI is InChI=1S/C11H12N4O/c1-7-10(6-14-11(13)15-7)16-9-5-3-2-4-8(9)12/h2-6H,12H2,1H3,(H2,13,14,15). The van der Waals surface area contributed by atoms with Gasteiger partial charge in [-0.25, -0.2) is 9.97 Å². The summed E-state index contributed by atoms with van der Waals surface area (Å²) in [5, 5.41) is 0. The summed E-state index contributed by atoms with van der Waals surface area (Å²) in [4.78, 5) is 7.87. The molecule has 16 heavy (non-hydrogen) atoms. The zero-order chi connectivity index (χ0) is 11.5. The normalized spacial score (nSPS) is 10.1. The van der Waals surface area contributed by atoms with Crippen molar-refractivity contribution in [2.75, 3.05) is 11.5 Å². The van der Waals surface area contributed by atoms with Crippen molar-refractivity contribution < 1.29 is 4.74 Å². The fraction of sp³-hybridized carbons (Fsp3) is 0.0909. The van der Waals surface area contributed by atoms with Gasteiger partial charge in [0.1, 0.15) is 5.75 Å². The molecule has 0 aliphatic heterocycles. The number of aromatic nitrogens is 2. The second-order valence-corrected chi connectivity index (χ2v) is 3.32. The molecular weight excluding hydrogens is 204 g/mol. The Hall–Kier alpha value is -2.30. The lowest BCUT2D eigenvalue weighted by Crippen LogP contribution is -1.99. The van der Waals surface area contributed by atoms with E-state index in [2.05, 4.69) is 9.97 Å². The van der Waals surface area contributed by atoms with Gasteiger partial charge in [-0.3, -0.25) is 0 Å². The third-order valence-corrected chi connectivity index (χ3v) is 2.09. The van der Waals surface area contributed by atoms with E-state index in [-0.39, 0.29) is 5.95 Å². The minimum Gasteiger partial charge on any atom is -0.452 e. The second-order valence-electron chi connectivity index (χ2n) is 3.32. The van der Waals surface area contributed by atoms with Gasteiger partial charge in [-0.05, 0) is 19.1 Å². The zero-order valence-electron chi connectivity index (χ0n) is 8.84. The molecule has 0 radical (unpaired) electrons. The molecule has 0 bridgehead atoms. The highest BCUT2D eigenvalue weighted by Crippen LogP contribution is 2.27.